The van der Waals surface area contributed by atoms with Gasteiger partial charge in [-0.2, -0.15) is 0 Å². The molecule has 3 heteroatoms. The van der Waals surface area contributed by atoms with Gasteiger partial charge in [0.05, 0.1) is 0 Å². The van der Waals surface area contributed by atoms with Crippen LogP contribution in [0.3, 0.4) is 0 Å². The fraction of sp³-hybridized carbons (Fsp3) is 0.353. The van der Waals surface area contributed by atoms with Crippen LogP contribution in [0, 0.1) is 68.9 Å². The summed E-state index contributed by atoms with van der Waals surface area (Å²) in [5, 5.41) is 0. The Hall–Kier alpha value is -4.89. The van der Waals surface area contributed by atoms with Crippen LogP contribution in [0.4, 0.5) is 0 Å². The van der Waals surface area contributed by atoms with Crippen molar-refractivity contribution in [1.82, 2.24) is 0 Å². The van der Waals surface area contributed by atoms with Crippen molar-refractivity contribution < 1.29 is 42.5 Å². The number of rotatable bonds is 5. The first-order chi connectivity index (χ1) is 33.7. The zero-order valence-corrected chi connectivity index (χ0v) is 33.0. The molecule has 0 saturated heterocycles. The molecule has 0 aliphatic rings. The van der Waals surface area contributed by atoms with E-state index in [4.69, 9.17) is 28.8 Å². The smallest absolute Gasteiger partial charge is 0.201 e. The quantitative estimate of drug-likeness (QED) is 0.156. The predicted octanol–water partition coefficient (Wildman–Crippen LogP) is 11.3. The molecule has 6 rings (SSSR count). The van der Waals surface area contributed by atoms with E-state index in [0.29, 0.717) is 22.3 Å². The van der Waals surface area contributed by atoms with Gasteiger partial charge in [-0.1, -0.05) is 38.8 Å². The van der Waals surface area contributed by atoms with Gasteiger partial charge in [0.1, 0.15) is 21.1 Å². The van der Waals surface area contributed by atoms with Gasteiger partial charge in [-0.25, -0.2) is 13.7 Å². The molecule has 0 radical (unpaired) electrons. The summed E-state index contributed by atoms with van der Waals surface area (Å²) in [4.78, 5) is 0. The molecule has 3 nitrogen and oxygen atoms in total. The minimum absolute atomic E-state index is 0.139. The lowest BCUT2D eigenvalue weighted by atomic mass is 9.92. The van der Waals surface area contributed by atoms with E-state index in [1.54, 1.807) is 142 Å². The van der Waals surface area contributed by atoms with Gasteiger partial charge >= 0.3 is 0 Å². The second-order valence-corrected chi connectivity index (χ2v) is 13.9. The minimum Gasteiger partial charge on any atom is -0.201 e. The van der Waals surface area contributed by atoms with Crippen molar-refractivity contribution in [1.29, 1.82) is 0 Å². The monoisotopic (exact) mass is 742 g/mol. The summed E-state index contributed by atoms with van der Waals surface area (Å²) in [5.41, 5.74) is 11.1. The molecule has 0 bridgehead atoms. The summed E-state index contributed by atoms with van der Waals surface area (Å²) in [6.45, 7) is -1.67. The van der Waals surface area contributed by atoms with E-state index in [1.807, 2.05) is 26.0 Å². The Bertz CT molecular complexity index is 2920. The Kier molecular flexibility index (Phi) is 7.07. The molecule has 0 aliphatic heterocycles. The van der Waals surface area contributed by atoms with Crippen molar-refractivity contribution in [3.05, 3.63) is 158 Å². The predicted molar refractivity (Wildman–Crippen MR) is 230 cm³/mol. The van der Waals surface area contributed by atoms with E-state index in [-0.39, 0.29) is 22.3 Å². The number of hydrogen-bond donors (Lipinski definition) is 0. The van der Waals surface area contributed by atoms with Gasteiger partial charge in [-0.15, -0.1) is 0 Å². The van der Waals surface area contributed by atoms with Crippen molar-refractivity contribution in [2.24, 2.45) is 21.1 Å². The third kappa shape index (κ3) is 9.99. The van der Waals surface area contributed by atoms with Crippen LogP contribution in [0.1, 0.15) is 122 Å². The summed E-state index contributed by atoms with van der Waals surface area (Å²) < 4.78 is 165. The molecule has 3 aromatic heterocycles. The van der Waals surface area contributed by atoms with Crippen molar-refractivity contribution in [3.8, 4) is 33.8 Å². The van der Waals surface area contributed by atoms with E-state index in [1.165, 1.54) is 6.92 Å². The molecule has 0 spiro atoms. The van der Waals surface area contributed by atoms with Crippen LogP contribution in [-0.4, -0.2) is 0 Å². The molecule has 6 aromatic rings. The molecular formula is C51H66N3+3. The molecule has 0 aliphatic carbocycles. The average Bonchev–Trinajstić information content (AvgIpc) is 3.24. The van der Waals surface area contributed by atoms with E-state index in [0.717, 1.165) is 56.0 Å². The highest BCUT2D eigenvalue weighted by Gasteiger charge is 2.17. The molecule has 282 valence electrons. The Balaban J connectivity index is 0.000000244. The third-order valence-corrected chi connectivity index (χ3v) is 9.48. The first kappa shape index (κ1) is 21.3. The van der Waals surface area contributed by atoms with Crippen LogP contribution >= 0.6 is 0 Å². The largest absolute Gasteiger partial charge is 0.212 e. The van der Waals surface area contributed by atoms with Crippen LogP contribution in [0.25, 0.3) is 33.8 Å². The summed E-state index contributed by atoms with van der Waals surface area (Å²) >= 11 is 0. The Morgan fingerprint density at radius 1 is 0.519 bits per heavy atom. The molecule has 3 heterocycles. The first-order valence-corrected chi connectivity index (χ1v) is 17.6. The highest BCUT2D eigenvalue weighted by atomic mass is 14.9. The summed E-state index contributed by atoms with van der Waals surface area (Å²) in [5.74, 6) is -1.70. The SMILES string of the molecule is [2H]C([2H])([2H])c1ccc(-c2cc(C)c(C([2H])(C)C([2H])([2H])[2H])cc2C)[n+](C)c1.[2H]C([2H])([2H])c1ccc(-c2cc(C)c(C([2H])([2H])C([2H])([2H])[2H])cc2C)[n+](C)c1.[2H]C([2H])([2H])c1ccc(-c2cc(C)c(C([2H])([2H])[2H])cc2C)[n+](C)c1. The molecular weight excluding hydrogens is 655 g/mol. The van der Waals surface area contributed by atoms with Gasteiger partial charge in [-0.05, 0) is 168 Å². The van der Waals surface area contributed by atoms with Crippen LogP contribution in [0.5, 0.6) is 0 Å². The minimum atomic E-state index is -2.77. The molecule has 0 N–H and O–H groups in total. The highest BCUT2D eigenvalue weighted by molar-refractivity contribution is 5.65. The second kappa shape index (κ2) is 18.0. The molecule has 54 heavy (non-hydrogen) atoms. The van der Waals surface area contributed by atoms with Crippen LogP contribution in [0.15, 0.2) is 91.4 Å². The second-order valence-electron chi connectivity index (χ2n) is 13.9. The van der Waals surface area contributed by atoms with E-state index in [9.17, 15) is 0 Å². The lowest BCUT2D eigenvalue weighted by Crippen LogP contribution is -2.31. The van der Waals surface area contributed by atoms with Crippen molar-refractivity contribution >= 4 is 0 Å². The van der Waals surface area contributed by atoms with E-state index >= 15 is 0 Å². The summed E-state index contributed by atoms with van der Waals surface area (Å²) in [6, 6.07) is 20.4. The lowest BCUT2D eigenvalue weighted by Gasteiger charge is -2.14. The first-order valence-electron chi connectivity index (χ1n) is 28.1. The normalized spacial score (nSPS) is 19.3. The maximum absolute atomic E-state index is 8.34. The van der Waals surface area contributed by atoms with E-state index in [2.05, 4.69) is 0 Å². The van der Waals surface area contributed by atoms with Gasteiger partial charge < -0.3 is 0 Å². The molecule has 1 unspecified atom stereocenters. The number of pyridine rings is 3. The fourth-order valence-electron chi connectivity index (χ4n) is 6.48. The van der Waals surface area contributed by atoms with Gasteiger partial charge in [-0.3, -0.25) is 0 Å². The van der Waals surface area contributed by atoms with Gasteiger partial charge in [0.25, 0.3) is 0 Å². The van der Waals surface area contributed by atoms with Crippen molar-refractivity contribution in [2.45, 2.75) is 102 Å². The van der Waals surface area contributed by atoms with Gasteiger partial charge in [0, 0.05) is 80.4 Å². The Morgan fingerprint density at radius 3 is 1.39 bits per heavy atom. The van der Waals surface area contributed by atoms with Gasteiger partial charge in [0.15, 0.2) is 18.6 Å². The third-order valence-electron chi connectivity index (χ3n) is 9.48. The zero-order chi connectivity index (χ0) is 57.7. The maximum Gasteiger partial charge on any atom is 0.212 e. The zero-order valence-electron chi connectivity index (χ0n) is 54.0. The van der Waals surface area contributed by atoms with Gasteiger partial charge in [0.2, 0.25) is 17.1 Å². The number of aryl methyl sites for hydroxylation is 14. The van der Waals surface area contributed by atoms with Crippen LogP contribution < -0.4 is 13.7 Å². The number of hydrogen-bond acceptors (Lipinski definition) is 0. The molecule has 0 saturated carbocycles. The lowest BCUT2D eigenvalue weighted by molar-refractivity contribution is -0.660. The summed E-state index contributed by atoms with van der Waals surface area (Å²) in [7, 11) is 5.32. The number of nitrogens with zero attached hydrogens (tertiary/aromatic N) is 3. The Labute approximate surface area is 357 Å². The van der Waals surface area contributed by atoms with Crippen molar-refractivity contribution in [3.63, 3.8) is 0 Å². The maximum atomic E-state index is 8.34. The highest BCUT2D eigenvalue weighted by Crippen LogP contribution is 2.29. The van der Waals surface area contributed by atoms with Crippen LogP contribution in [0.2, 0.25) is 0 Å². The number of benzene rings is 3. The standard InChI is InChI=1S/C18H24N.C17H22N.C16H20N/c1-12(2)16-9-15(5)17(10-14(16)4)18-8-7-13(3)11-19(18)6;1-6-15-9-14(4)16(10-13(15)3)17-8-7-12(2)11-18(17)5;1-11-6-7-16(17(5)10-11)15-9-13(3)12(2)8-14(15)4/h7-12H,1-6H3;7-11H,6H2,1-5H3;6-10H,1-5H3/q3*+1/i1D3,3D3,12D;1D3,2D3,6D2;1D3,2D3. The Morgan fingerprint density at radius 2 is 0.963 bits per heavy atom. The van der Waals surface area contributed by atoms with E-state index < -0.39 is 53.4 Å². The average molecular weight is 742 g/mol. The van der Waals surface area contributed by atoms with Crippen LogP contribution in [-0.2, 0) is 27.5 Å². The molecule has 1 atom stereocenters. The fourth-order valence-corrected chi connectivity index (χ4v) is 6.48. The molecule has 3 aromatic carbocycles. The molecule has 0 amide bonds. The number of aromatic nitrogens is 3. The van der Waals surface area contributed by atoms with Crippen molar-refractivity contribution in [2.75, 3.05) is 0 Å². The topological polar surface area (TPSA) is 11.6 Å². The summed E-state index contributed by atoms with van der Waals surface area (Å²) in [6.07, 6.45) is 2.28. The molecule has 0 fully saturated rings.